The first-order chi connectivity index (χ1) is 8.57. The first-order valence-electron chi connectivity index (χ1n) is 6.95. The third-order valence-electron chi connectivity index (χ3n) is 3.11. The predicted molar refractivity (Wildman–Crippen MR) is 79.0 cm³/mol. The number of hydrogen-bond donors (Lipinski definition) is 1. The van der Waals surface area contributed by atoms with Crippen molar-refractivity contribution in [3.63, 3.8) is 0 Å². The van der Waals surface area contributed by atoms with E-state index in [1.54, 1.807) is 0 Å². The Hall–Kier alpha value is 0.234. The minimum atomic E-state index is -1.68. The van der Waals surface area contributed by atoms with Gasteiger partial charge in [0.05, 0.1) is 12.6 Å². The molecule has 2 saturated heterocycles. The normalized spacial score (nSPS) is 39.6. The van der Waals surface area contributed by atoms with Crippen molar-refractivity contribution < 1.29 is 18.3 Å². The van der Waals surface area contributed by atoms with Crippen LogP contribution in [-0.4, -0.2) is 53.9 Å². The number of hydrogen-bond acceptors (Lipinski definition) is 5. The fourth-order valence-electron chi connectivity index (χ4n) is 2.48. The van der Waals surface area contributed by atoms with Crippen LogP contribution in [0.4, 0.5) is 0 Å². The van der Waals surface area contributed by atoms with Crippen molar-refractivity contribution in [1.82, 2.24) is 0 Å². The SMILES string of the molecule is C[Si](C)(C)O[C@H]1O[C@@H]2CO[C@H]([C@H]1N)[C@@H]2O[Si](C)(C)C. The van der Waals surface area contributed by atoms with Crippen molar-refractivity contribution in [2.24, 2.45) is 5.73 Å². The quantitative estimate of drug-likeness (QED) is 0.798. The summed E-state index contributed by atoms with van der Waals surface area (Å²) in [5.74, 6) is 0. The van der Waals surface area contributed by atoms with Crippen LogP contribution in [0, 0.1) is 0 Å². The minimum absolute atomic E-state index is 0.0387. The van der Waals surface area contributed by atoms with Crippen LogP contribution in [-0.2, 0) is 18.3 Å². The Kier molecular flexibility index (Phi) is 4.28. The molecule has 2 N–H and O–H groups in total. The topological polar surface area (TPSA) is 62.9 Å². The zero-order chi connectivity index (χ0) is 14.4. The van der Waals surface area contributed by atoms with E-state index in [-0.39, 0.29) is 30.6 Å². The van der Waals surface area contributed by atoms with Gasteiger partial charge < -0.3 is 24.1 Å². The molecule has 0 spiro atoms. The van der Waals surface area contributed by atoms with Gasteiger partial charge in [0, 0.05) is 0 Å². The molecule has 0 radical (unpaired) electrons. The van der Waals surface area contributed by atoms with E-state index < -0.39 is 16.6 Å². The van der Waals surface area contributed by atoms with E-state index in [2.05, 4.69) is 39.3 Å². The Morgan fingerprint density at radius 2 is 1.58 bits per heavy atom. The van der Waals surface area contributed by atoms with Gasteiger partial charge in [0.25, 0.3) is 0 Å². The fourth-order valence-corrected chi connectivity index (χ4v) is 4.49. The molecule has 2 fully saturated rings. The average molecular weight is 306 g/mol. The van der Waals surface area contributed by atoms with Crippen molar-refractivity contribution in [2.45, 2.75) is 69.9 Å². The second-order valence-corrected chi connectivity index (χ2v) is 16.3. The van der Waals surface area contributed by atoms with Crippen molar-refractivity contribution in [2.75, 3.05) is 6.61 Å². The van der Waals surface area contributed by atoms with Crippen LogP contribution in [0.5, 0.6) is 0 Å². The molecule has 19 heavy (non-hydrogen) atoms. The predicted octanol–water partition coefficient (Wildman–Crippen LogP) is 1.51. The second kappa shape index (κ2) is 5.21. The van der Waals surface area contributed by atoms with Gasteiger partial charge in [0.1, 0.15) is 18.3 Å². The van der Waals surface area contributed by atoms with Crippen LogP contribution in [0.15, 0.2) is 0 Å². The standard InChI is InChI=1S/C12H27NO4Si2/c1-18(2,3)16-10-8-7-14-11(10)9(13)12(15-8)17-19(4,5)6/h8-12H,7,13H2,1-6H3/t8-,9-,10-,11-,12-/m1/s1. The molecule has 5 atom stereocenters. The zero-order valence-electron chi connectivity index (χ0n) is 12.8. The number of ether oxygens (including phenoxy) is 2. The van der Waals surface area contributed by atoms with Crippen LogP contribution in [0.2, 0.25) is 39.3 Å². The molecule has 7 heteroatoms. The highest BCUT2D eigenvalue weighted by molar-refractivity contribution is 6.70. The summed E-state index contributed by atoms with van der Waals surface area (Å²) in [6.07, 6.45) is -0.543. The van der Waals surface area contributed by atoms with Crippen molar-refractivity contribution in [1.29, 1.82) is 0 Å². The molecule has 0 saturated carbocycles. The summed E-state index contributed by atoms with van der Waals surface area (Å²) >= 11 is 0. The summed E-state index contributed by atoms with van der Waals surface area (Å²) in [7, 11) is -3.31. The van der Waals surface area contributed by atoms with E-state index in [0.29, 0.717) is 6.61 Å². The van der Waals surface area contributed by atoms with Gasteiger partial charge in [-0.05, 0) is 39.3 Å². The summed E-state index contributed by atoms with van der Waals surface area (Å²) in [6.45, 7) is 13.5. The van der Waals surface area contributed by atoms with Gasteiger partial charge >= 0.3 is 0 Å². The number of rotatable bonds is 4. The van der Waals surface area contributed by atoms with E-state index in [1.807, 2.05) is 0 Å². The lowest BCUT2D eigenvalue weighted by Gasteiger charge is -2.42. The highest BCUT2D eigenvalue weighted by Crippen LogP contribution is 2.33. The van der Waals surface area contributed by atoms with Crippen molar-refractivity contribution >= 4 is 16.6 Å². The maximum Gasteiger partial charge on any atom is 0.187 e. The summed E-state index contributed by atoms with van der Waals surface area (Å²) in [5, 5.41) is 0. The maximum atomic E-state index is 6.26. The lowest BCUT2D eigenvalue weighted by Crippen LogP contribution is -2.61. The summed E-state index contributed by atoms with van der Waals surface area (Å²) in [4.78, 5) is 0. The van der Waals surface area contributed by atoms with Crippen LogP contribution < -0.4 is 5.73 Å². The highest BCUT2D eigenvalue weighted by Gasteiger charge is 2.52. The fraction of sp³-hybridized carbons (Fsp3) is 1.00. The van der Waals surface area contributed by atoms with Crippen LogP contribution in [0.3, 0.4) is 0 Å². The molecule has 0 unspecified atom stereocenters. The first-order valence-corrected chi connectivity index (χ1v) is 13.8. The molecular weight excluding hydrogens is 278 g/mol. The van der Waals surface area contributed by atoms with Crippen molar-refractivity contribution in [3.8, 4) is 0 Å². The minimum Gasteiger partial charge on any atom is -0.409 e. The van der Waals surface area contributed by atoms with Gasteiger partial charge in [-0.3, -0.25) is 0 Å². The molecule has 2 rings (SSSR count). The molecule has 2 heterocycles. The molecule has 5 nitrogen and oxygen atoms in total. The molecule has 0 aromatic heterocycles. The molecular formula is C12H27NO4Si2. The highest BCUT2D eigenvalue weighted by atomic mass is 28.4. The average Bonchev–Trinajstić information content (AvgIpc) is 2.46. The zero-order valence-corrected chi connectivity index (χ0v) is 14.8. The van der Waals surface area contributed by atoms with Crippen LogP contribution in [0.1, 0.15) is 0 Å². The first kappa shape index (κ1) is 15.6. The Balaban J connectivity index is 2.05. The van der Waals surface area contributed by atoms with Gasteiger partial charge in [0.2, 0.25) is 0 Å². The van der Waals surface area contributed by atoms with Crippen LogP contribution >= 0.6 is 0 Å². The van der Waals surface area contributed by atoms with Gasteiger partial charge in [-0.15, -0.1) is 0 Å². The summed E-state index contributed by atoms with van der Waals surface area (Å²) < 4.78 is 24.0. The molecule has 0 aliphatic carbocycles. The molecule has 0 aromatic carbocycles. The number of nitrogens with two attached hydrogens (primary N) is 1. The largest absolute Gasteiger partial charge is 0.409 e. The van der Waals surface area contributed by atoms with Gasteiger partial charge in [-0.25, -0.2) is 0 Å². The van der Waals surface area contributed by atoms with Gasteiger partial charge in [-0.2, -0.15) is 0 Å². The lowest BCUT2D eigenvalue weighted by molar-refractivity contribution is -0.185. The molecule has 2 aliphatic heterocycles. The van der Waals surface area contributed by atoms with Gasteiger partial charge in [-0.1, -0.05) is 0 Å². The lowest BCUT2D eigenvalue weighted by atomic mass is 10.0. The molecule has 112 valence electrons. The van der Waals surface area contributed by atoms with E-state index >= 15 is 0 Å². The Labute approximate surface area is 118 Å². The Morgan fingerprint density at radius 3 is 2.11 bits per heavy atom. The van der Waals surface area contributed by atoms with Crippen molar-refractivity contribution in [3.05, 3.63) is 0 Å². The Bertz CT molecular complexity index is 329. The van der Waals surface area contributed by atoms with E-state index in [1.165, 1.54) is 0 Å². The van der Waals surface area contributed by atoms with Gasteiger partial charge in [0.15, 0.2) is 22.9 Å². The van der Waals surface area contributed by atoms with E-state index in [4.69, 9.17) is 24.1 Å². The molecule has 2 bridgehead atoms. The third kappa shape index (κ3) is 3.87. The molecule has 0 aromatic rings. The molecule has 2 aliphatic rings. The number of fused-ring (bicyclic) bond motifs is 2. The molecule has 0 amide bonds. The van der Waals surface area contributed by atoms with Crippen LogP contribution in [0.25, 0.3) is 0 Å². The monoisotopic (exact) mass is 305 g/mol. The van der Waals surface area contributed by atoms with E-state index in [0.717, 1.165) is 0 Å². The van der Waals surface area contributed by atoms with E-state index in [9.17, 15) is 0 Å². The third-order valence-corrected chi connectivity index (χ3v) is 5.02. The summed E-state index contributed by atoms with van der Waals surface area (Å²) in [5.41, 5.74) is 6.26. The summed E-state index contributed by atoms with van der Waals surface area (Å²) in [6, 6.07) is -0.271. The Morgan fingerprint density at radius 1 is 1.00 bits per heavy atom. The second-order valence-electron chi connectivity index (χ2n) is 7.34. The smallest absolute Gasteiger partial charge is 0.187 e. The maximum absolute atomic E-state index is 6.26.